The molecule has 1 rings (SSSR count). The van der Waals surface area contributed by atoms with Gasteiger partial charge in [-0.15, -0.1) is 0 Å². The number of aromatic carboxylic acids is 1. The first-order valence-electron chi connectivity index (χ1n) is 6.34. The molecule has 4 heteroatoms. The number of carboxylic acid groups (broad SMARTS) is 1. The van der Waals surface area contributed by atoms with Gasteiger partial charge in [-0.05, 0) is 17.9 Å². The Morgan fingerprint density at radius 2 is 1.83 bits per heavy atom. The fourth-order valence-corrected chi connectivity index (χ4v) is 1.97. The number of hydrogen-bond donors (Lipinski definition) is 1. The molecule has 18 heavy (non-hydrogen) atoms. The Labute approximate surface area is 109 Å². The summed E-state index contributed by atoms with van der Waals surface area (Å²) < 4.78 is 0. The van der Waals surface area contributed by atoms with E-state index in [0.717, 1.165) is 13.1 Å². The third kappa shape index (κ3) is 4.02. The molecular formula is C14H22N2O2. The maximum atomic E-state index is 11.2. The van der Waals surface area contributed by atoms with Gasteiger partial charge in [-0.1, -0.05) is 27.7 Å². The lowest BCUT2D eigenvalue weighted by Crippen LogP contribution is -2.32. The molecule has 0 bridgehead atoms. The lowest BCUT2D eigenvalue weighted by Gasteiger charge is -2.29. The van der Waals surface area contributed by atoms with Crippen LogP contribution in [0.2, 0.25) is 0 Å². The van der Waals surface area contributed by atoms with Crippen molar-refractivity contribution in [1.82, 2.24) is 4.98 Å². The molecule has 0 unspecified atom stereocenters. The molecule has 100 valence electrons. The van der Waals surface area contributed by atoms with E-state index in [1.807, 2.05) is 0 Å². The van der Waals surface area contributed by atoms with Crippen LogP contribution >= 0.6 is 0 Å². The van der Waals surface area contributed by atoms with E-state index in [2.05, 4.69) is 37.6 Å². The van der Waals surface area contributed by atoms with Gasteiger partial charge in [0.2, 0.25) is 0 Å². The van der Waals surface area contributed by atoms with Crippen LogP contribution in [0.3, 0.4) is 0 Å². The van der Waals surface area contributed by atoms with Gasteiger partial charge in [0.1, 0.15) is 0 Å². The summed E-state index contributed by atoms with van der Waals surface area (Å²) in [5.74, 6) is 0.0566. The Bertz CT molecular complexity index is 393. The second-order valence-electron chi connectivity index (χ2n) is 5.39. The molecule has 4 nitrogen and oxygen atoms in total. The molecule has 1 aromatic heterocycles. The van der Waals surface area contributed by atoms with Crippen LogP contribution < -0.4 is 4.90 Å². The summed E-state index contributed by atoms with van der Waals surface area (Å²) in [6.07, 6.45) is 3.17. The second kappa shape index (κ2) is 6.38. The van der Waals surface area contributed by atoms with Gasteiger partial charge in [0.15, 0.2) is 0 Å². The van der Waals surface area contributed by atoms with Crippen LogP contribution in [0, 0.1) is 11.8 Å². The molecule has 0 spiro atoms. The van der Waals surface area contributed by atoms with E-state index < -0.39 is 5.97 Å². The lowest BCUT2D eigenvalue weighted by molar-refractivity contribution is 0.0697. The van der Waals surface area contributed by atoms with E-state index >= 15 is 0 Å². The van der Waals surface area contributed by atoms with Gasteiger partial charge < -0.3 is 10.0 Å². The molecule has 0 saturated carbocycles. The number of anilines is 1. The minimum atomic E-state index is -0.898. The number of aromatic nitrogens is 1. The van der Waals surface area contributed by atoms with Crippen molar-refractivity contribution in [3.63, 3.8) is 0 Å². The van der Waals surface area contributed by atoms with Crippen molar-refractivity contribution < 1.29 is 9.90 Å². The van der Waals surface area contributed by atoms with Crippen molar-refractivity contribution in [3.8, 4) is 0 Å². The molecule has 0 aliphatic heterocycles. The molecule has 1 heterocycles. The summed E-state index contributed by atoms with van der Waals surface area (Å²) >= 11 is 0. The van der Waals surface area contributed by atoms with Crippen LogP contribution in [0.25, 0.3) is 0 Å². The fourth-order valence-electron chi connectivity index (χ4n) is 1.97. The Kier molecular flexibility index (Phi) is 5.13. The van der Waals surface area contributed by atoms with Gasteiger partial charge in [-0.3, -0.25) is 4.98 Å². The van der Waals surface area contributed by atoms with Crippen molar-refractivity contribution in [2.45, 2.75) is 27.7 Å². The molecule has 0 saturated heterocycles. The maximum Gasteiger partial charge on any atom is 0.337 e. The van der Waals surface area contributed by atoms with E-state index in [4.69, 9.17) is 0 Å². The average Bonchev–Trinajstić information content (AvgIpc) is 2.26. The lowest BCUT2D eigenvalue weighted by atomic mass is 10.1. The summed E-state index contributed by atoms with van der Waals surface area (Å²) in [5, 5.41) is 9.23. The first-order valence-corrected chi connectivity index (χ1v) is 6.34. The minimum absolute atomic E-state index is 0.325. The highest BCUT2D eigenvalue weighted by atomic mass is 16.4. The predicted molar refractivity (Wildman–Crippen MR) is 73.1 cm³/mol. The van der Waals surface area contributed by atoms with Crippen LogP contribution in [0.5, 0.6) is 0 Å². The van der Waals surface area contributed by atoms with Crippen molar-refractivity contribution in [2.24, 2.45) is 11.8 Å². The van der Waals surface area contributed by atoms with Crippen LogP contribution in [0.15, 0.2) is 18.5 Å². The van der Waals surface area contributed by atoms with Crippen molar-refractivity contribution in [1.29, 1.82) is 0 Å². The highest BCUT2D eigenvalue weighted by Crippen LogP contribution is 2.21. The molecule has 0 aromatic carbocycles. The zero-order valence-corrected chi connectivity index (χ0v) is 11.6. The standard InChI is InChI=1S/C14H22N2O2/c1-10(2)8-16(9-11(3)4)13-7-15-6-5-12(13)14(17)18/h5-7,10-11H,8-9H2,1-4H3,(H,17,18). The Morgan fingerprint density at radius 1 is 1.28 bits per heavy atom. The summed E-state index contributed by atoms with van der Waals surface area (Å²) in [4.78, 5) is 17.4. The third-order valence-corrected chi connectivity index (χ3v) is 2.54. The van der Waals surface area contributed by atoms with E-state index in [9.17, 15) is 9.90 Å². The highest BCUT2D eigenvalue weighted by molar-refractivity contribution is 5.94. The number of carbonyl (C=O) groups is 1. The molecule has 0 fully saturated rings. The summed E-state index contributed by atoms with van der Waals surface area (Å²) in [6, 6.07) is 1.56. The zero-order chi connectivity index (χ0) is 13.7. The molecule has 0 atom stereocenters. The van der Waals surface area contributed by atoms with E-state index in [1.54, 1.807) is 12.3 Å². The van der Waals surface area contributed by atoms with Crippen molar-refractivity contribution in [3.05, 3.63) is 24.0 Å². The quantitative estimate of drug-likeness (QED) is 0.843. The Morgan fingerprint density at radius 3 is 2.28 bits per heavy atom. The predicted octanol–water partition coefficient (Wildman–Crippen LogP) is 2.90. The molecular weight excluding hydrogens is 228 g/mol. The van der Waals surface area contributed by atoms with Crippen LogP contribution in [-0.2, 0) is 0 Å². The first-order chi connectivity index (χ1) is 8.41. The zero-order valence-electron chi connectivity index (χ0n) is 11.6. The van der Waals surface area contributed by atoms with Gasteiger partial charge in [0.05, 0.1) is 17.4 Å². The third-order valence-electron chi connectivity index (χ3n) is 2.54. The monoisotopic (exact) mass is 250 g/mol. The van der Waals surface area contributed by atoms with Gasteiger partial charge in [0, 0.05) is 19.3 Å². The van der Waals surface area contributed by atoms with Gasteiger partial charge >= 0.3 is 5.97 Å². The number of nitrogens with zero attached hydrogens (tertiary/aromatic N) is 2. The molecule has 0 aliphatic carbocycles. The molecule has 1 aromatic rings. The Balaban J connectivity index is 3.07. The van der Waals surface area contributed by atoms with Crippen LogP contribution in [-0.4, -0.2) is 29.1 Å². The fraction of sp³-hybridized carbons (Fsp3) is 0.571. The maximum absolute atomic E-state index is 11.2. The normalized spacial score (nSPS) is 11.0. The molecule has 0 amide bonds. The van der Waals surface area contributed by atoms with Gasteiger partial charge in [-0.25, -0.2) is 4.79 Å². The number of hydrogen-bond acceptors (Lipinski definition) is 3. The SMILES string of the molecule is CC(C)CN(CC(C)C)c1cnccc1C(=O)O. The van der Waals surface area contributed by atoms with Crippen LogP contribution in [0.4, 0.5) is 5.69 Å². The topological polar surface area (TPSA) is 53.4 Å². The molecule has 0 aliphatic rings. The van der Waals surface area contributed by atoms with E-state index in [0.29, 0.717) is 23.1 Å². The Hall–Kier alpha value is -1.58. The molecule has 0 radical (unpaired) electrons. The number of pyridine rings is 1. The van der Waals surface area contributed by atoms with Crippen molar-refractivity contribution in [2.75, 3.05) is 18.0 Å². The number of rotatable bonds is 6. The van der Waals surface area contributed by atoms with Gasteiger partial charge in [0.25, 0.3) is 0 Å². The molecule has 1 N–H and O–H groups in total. The summed E-state index contributed by atoms with van der Waals surface area (Å²) in [5.41, 5.74) is 1.04. The first kappa shape index (κ1) is 14.5. The van der Waals surface area contributed by atoms with Crippen molar-refractivity contribution >= 4 is 11.7 Å². The highest BCUT2D eigenvalue weighted by Gasteiger charge is 2.17. The largest absolute Gasteiger partial charge is 0.478 e. The summed E-state index contributed by atoms with van der Waals surface area (Å²) in [7, 11) is 0. The van der Waals surface area contributed by atoms with Crippen LogP contribution in [0.1, 0.15) is 38.1 Å². The minimum Gasteiger partial charge on any atom is -0.478 e. The van der Waals surface area contributed by atoms with E-state index in [1.165, 1.54) is 6.20 Å². The smallest absolute Gasteiger partial charge is 0.337 e. The number of carboxylic acids is 1. The second-order valence-corrected chi connectivity index (χ2v) is 5.39. The summed E-state index contributed by atoms with van der Waals surface area (Å²) in [6.45, 7) is 10.2. The van der Waals surface area contributed by atoms with E-state index in [-0.39, 0.29) is 0 Å². The van der Waals surface area contributed by atoms with Gasteiger partial charge in [-0.2, -0.15) is 0 Å². The average molecular weight is 250 g/mol.